The van der Waals surface area contributed by atoms with Gasteiger partial charge in [0, 0.05) is 10.2 Å². The highest BCUT2D eigenvalue weighted by molar-refractivity contribution is 9.10. The molecule has 26 heavy (non-hydrogen) atoms. The second-order valence-electron chi connectivity index (χ2n) is 6.30. The third kappa shape index (κ3) is 4.48. The quantitative estimate of drug-likeness (QED) is 0.477. The topological polar surface area (TPSA) is 48.2 Å². The minimum Gasteiger partial charge on any atom is -0.484 e. The van der Waals surface area contributed by atoms with Crippen LogP contribution >= 0.6 is 27.7 Å². The molecule has 3 aromatic rings. The average Bonchev–Trinajstić information content (AvgIpc) is 3.14. The molecule has 0 atom stereocenters. The number of thioether (sulfide) groups is 1. The molecule has 0 radical (unpaired) electrons. The number of ether oxygens (including phenoxy) is 1. The van der Waals surface area contributed by atoms with Crippen molar-refractivity contribution in [3.05, 3.63) is 69.5 Å². The van der Waals surface area contributed by atoms with Gasteiger partial charge in [-0.15, -0.1) is 10.2 Å². The lowest BCUT2D eigenvalue weighted by Gasteiger charge is -2.16. The maximum absolute atomic E-state index is 5.84. The van der Waals surface area contributed by atoms with Crippen molar-refractivity contribution in [1.82, 2.24) is 10.2 Å². The summed E-state index contributed by atoms with van der Waals surface area (Å²) in [5.41, 5.74) is 4.07. The Hall–Kier alpha value is -1.79. The Morgan fingerprint density at radius 1 is 1.00 bits per heavy atom. The van der Waals surface area contributed by atoms with Gasteiger partial charge in [-0.25, -0.2) is 0 Å². The van der Waals surface area contributed by atoms with Crippen LogP contribution in [0.1, 0.15) is 35.4 Å². The van der Waals surface area contributed by atoms with Gasteiger partial charge in [-0.05, 0) is 66.6 Å². The molecule has 134 valence electrons. The lowest BCUT2D eigenvalue weighted by atomic mass is 9.92. The first-order valence-corrected chi connectivity index (χ1v) is 10.5. The van der Waals surface area contributed by atoms with Gasteiger partial charge in [0.2, 0.25) is 0 Å². The van der Waals surface area contributed by atoms with Gasteiger partial charge in [-0.2, -0.15) is 0 Å². The molecule has 4 rings (SSSR count). The lowest BCUT2D eigenvalue weighted by Crippen LogP contribution is -2.03. The molecule has 0 unspecified atom stereocenters. The third-order valence-electron chi connectivity index (χ3n) is 4.41. The fourth-order valence-corrected chi connectivity index (χ4v) is 4.03. The molecule has 0 bridgehead atoms. The maximum atomic E-state index is 5.84. The first-order valence-electron chi connectivity index (χ1n) is 8.70. The zero-order valence-corrected chi connectivity index (χ0v) is 16.7. The van der Waals surface area contributed by atoms with Crippen LogP contribution in [0, 0.1) is 0 Å². The van der Waals surface area contributed by atoms with E-state index in [-0.39, 0.29) is 0 Å². The van der Waals surface area contributed by atoms with E-state index in [1.807, 2.05) is 18.2 Å². The van der Waals surface area contributed by atoms with E-state index >= 15 is 0 Å². The number of halogens is 1. The molecule has 1 heterocycles. The highest BCUT2D eigenvalue weighted by Gasteiger charge is 2.11. The monoisotopic (exact) mass is 430 g/mol. The Morgan fingerprint density at radius 2 is 1.81 bits per heavy atom. The van der Waals surface area contributed by atoms with Crippen LogP contribution < -0.4 is 4.74 Å². The normalized spacial score (nSPS) is 13.4. The van der Waals surface area contributed by atoms with Crippen molar-refractivity contribution in [2.75, 3.05) is 0 Å². The Morgan fingerprint density at radius 3 is 2.65 bits per heavy atom. The van der Waals surface area contributed by atoms with Gasteiger partial charge in [-0.1, -0.05) is 45.9 Å². The highest BCUT2D eigenvalue weighted by atomic mass is 79.9. The van der Waals surface area contributed by atoms with Crippen LogP contribution in [0.4, 0.5) is 0 Å². The molecular weight excluding hydrogens is 412 g/mol. The van der Waals surface area contributed by atoms with Crippen LogP contribution in [-0.2, 0) is 25.2 Å². The second-order valence-corrected chi connectivity index (χ2v) is 8.15. The number of benzene rings is 2. The van der Waals surface area contributed by atoms with Gasteiger partial charge in [0.25, 0.3) is 11.1 Å². The van der Waals surface area contributed by atoms with Gasteiger partial charge < -0.3 is 9.15 Å². The van der Waals surface area contributed by atoms with Gasteiger partial charge >= 0.3 is 0 Å². The van der Waals surface area contributed by atoms with Crippen molar-refractivity contribution in [2.45, 2.75) is 43.3 Å². The molecule has 0 spiro atoms. The highest BCUT2D eigenvalue weighted by Crippen LogP contribution is 2.26. The van der Waals surface area contributed by atoms with Crippen molar-refractivity contribution in [1.29, 1.82) is 0 Å². The summed E-state index contributed by atoms with van der Waals surface area (Å²) in [6.45, 7) is 0.296. The summed E-state index contributed by atoms with van der Waals surface area (Å²) < 4.78 is 12.6. The van der Waals surface area contributed by atoms with E-state index in [0.717, 1.165) is 22.4 Å². The summed E-state index contributed by atoms with van der Waals surface area (Å²) >= 11 is 4.97. The van der Waals surface area contributed by atoms with Crippen molar-refractivity contribution < 1.29 is 9.15 Å². The number of hydrogen-bond donors (Lipinski definition) is 0. The van der Waals surface area contributed by atoms with Crippen LogP contribution in [0.15, 0.2) is 56.6 Å². The predicted molar refractivity (Wildman–Crippen MR) is 105 cm³/mol. The molecule has 0 N–H and O–H groups in total. The summed E-state index contributed by atoms with van der Waals surface area (Å²) in [5, 5.41) is 8.73. The Balaban J connectivity index is 1.31. The molecule has 1 aliphatic rings. The van der Waals surface area contributed by atoms with Crippen LogP contribution in [0.5, 0.6) is 5.75 Å². The molecule has 1 aromatic heterocycles. The van der Waals surface area contributed by atoms with Gasteiger partial charge in [-0.3, -0.25) is 0 Å². The zero-order valence-electron chi connectivity index (χ0n) is 14.3. The fraction of sp³-hybridized carbons (Fsp3) is 0.300. The van der Waals surface area contributed by atoms with E-state index in [4.69, 9.17) is 9.15 Å². The third-order valence-corrected chi connectivity index (χ3v) is 5.82. The first-order chi connectivity index (χ1) is 12.8. The maximum Gasteiger partial charge on any atom is 0.277 e. The fourth-order valence-electron chi connectivity index (χ4n) is 3.03. The van der Waals surface area contributed by atoms with Crippen molar-refractivity contribution >= 4 is 27.7 Å². The minimum atomic E-state index is 0.296. The van der Waals surface area contributed by atoms with Crippen molar-refractivity contribution in [2.24, 2.45) is 0 Å². The summed E-state index contributed by atoms with van der Waals surface area (Å²) in [7, 11) is 0. The smallest absolute Gasteiger partial charge is 0.277 e. The molecule has 6 heteroatoms. The molecule has 0 aliphatic heterocycles. The lowest BCUT2D eigenvalue weighted by molar-refractivity contribution is 0.252. The summed E-state index contributed by atoms with van der Waals surface area (Å²) in [5.74, 6) is 2.16. The summed E-state index contributed by atoms with van der Waals surface area (Å²) in [6, 6.07) is 14.6. The number of rotatable bonds is 6. The molecule has 4 nitrogen and oxygen atoms in total. The Bertz CT molecular complexity index is 880. The van der Waals surface area contributed by atoms with Crippen LogP contribution in [-0.4, -0.2) is 10.2 Å². The van der Waals surface area contributed by atoms with E-state index < -0.39 is 0 Å². The van der Waals surface area contributed by atoms with Crippen molar-refractivity contribution in [3.63, 3.8) is 0 Å². The van der Waals surface area contributed by atoms with E-state index in [1.165, 1.54) is 47.7 Å². The number of aromatic nitrogens is 2. The Labute approximate surface area is 165 Å². The first kappa shape index (κ1) is 17.6. The molecule has 0 fully saturated rings. The second kappa shape index (κ2) is 8.27. The molecular formula is C20H19BrN2O2S. The van der Waals surface area contributed by atoms with Crippen molar-refractivity contribution in [3.8, 4) is 5.75 Å². The number of hydrogen-bond acceptors (Lipinski definition) is 5. The minimum absolute atomic E-state index is 0.296. The standard InChI is InChI=1S/C20H19BrN2O2S/c21-17-8-5-14(6-9-17)13-26-20-23-22-19(25-20)12-24-18-10-7-15-3-1-2-4-16(15)11-18/h5-11H,1-4,12-13H2. The molecule has 0 amide bonds. The SMILES string of the molecule is Brc1ccc(CSc2nnc(COc3ccc4c(c3)CCCC4)o2)cc1. The van der Waals surface area contributed by atoms with E-state index in [0.29, 0.717) is 17.7 Å². The zero-order chi connectivity index (χ0) is 17.8. The number of aryl methyl sites for hydroxylation is 2. The van der Waals surface area contributed by atoms with Gasteiger partial charge in [0.15, 0.2) is 6.61 Å². The van der Waals surface area contributed by atoms with Gasteiger partial charge in [0.05, 0.1) is 0 Å². The number of fused-ring (bicyclic) bond motifs is 1. The molecule has 1 aliphatic carbocycles. The predicted octanol–water partition coefficient (Wildman–Crippen LogP) is 5.58. The van der Waals surface area contributed by atoms with E-state index in [2.05, 4.69) is 50.4 Å². The summed E-state index contributed by atoms with van der Waals surface area (Å²) in [6.07, 6.45) is 4.87. The molecule has 2 aromatic carbocycles. The van der Waals surface area contributed by atoms with Crippen LogP contribution in [0.25, 0.3) is 0 Å². The van der Waals surface area contributed by atoms with Crippen LogP contribution in [0.3, 0.4) is 0 Å². The summed E-state index contributed by atoms with van der Waals surface area (Å²) in [4.78, 5) is 0. The molecule has 0 saturated carbocycles. The van der Waals surface area contributed by atoms with Gasteiger partial charge in [0.1, 0.15) is 5.75 Å². The average molecular weight is 431 g/mol. The van der Waals surface area contributed by atoms with E-state index in [1.54, 1.807) is 0 Å². The van der Waals surface area contributed by atoms with E-state index in [9.17, 15) is 0 Å². The number of nitrogens with zero attached hydrogens (tertiary/aromatic N) is 2. The Kier molecular flexibility index (Phi) is 5.60. The van der Waals surface area contributed by atoms with Crippen LogP contribution in [0.2, 0.25) is 0 Å². The molecule has 0 saturated heterocycles. The largest absolute Gasteiger partial charge is 0.484 e.